The molecule has 0 amide bonds. The van der Waals surface area contributed by atoms with Gasteiger partial charge in [0.25, 0.3) is 0 Å². The number of allylic oxidation sites excluding steroid dienone is 1. The number of carbonyl (C=O) groups excluding carboxylic acids is 8. The third-order valence-electron chi connectivity index (χ3n) is 19.2. The van der Waals surface area contributed by atoms with Crippen molar-refractivity contribution < 1.29 is 62.0 Å². The third-order valence-corrected chi connectivity index (χ3v) is 19.2. The molecule has 0 bridgehead atoms. The minimum atomic E-state index is -0.477. The first-order chi connectivity index (χ1) is 48.6. The van der Waals surface area contributed by atoms with E-state index in [9.17, 15) is 38.4 Å². The van der Waals surface area contributed by atoms with E-state index in [1.807, 2.05) is 85.8 Å². The van der Waals surface area contributed by atoms with E-state index >= 15 is 0 Å². The van der Waals surface area contributed by atoms with Crippen molar-refractivity contribution >= 4 is 52.9 Å². The minimum Gasteiger partial charge on any atom is -0.494 e. The van der Waals surface area contributed by atoms with E-state index < -0.39 is 11.9 Å². The molecule has 2 saturated carbocycles. The van der Waals surface area contributed by atoms with Gasteiger partial charge in [-0.05, 0) is 196 Å². The molecule has 536 valence electrons. The van der Waals surface area contributed by atoms with Crippen molar-refractivity contribution in [2.24, 2.45) is 47.3 Å². The fraction of sp³-hybridized carbons (Fsp3) is 0.409. The summed E-state index contributed by atoms with van der Waals surface area (Å²) >= 11 is 0. The lowest BCUT2D eigenvalue weighted by Crippen LogP contribution is -2.31. The molecule has 2 aliphatic rings. The number of Topliss-reactive ketones (excluding diaryl/α,β-unsaturated/α-hetero) is 3. The summed E-state index contributed by atoms with van der Waals surface area (Å²) in [6, 6.07) is 43.8. The van der Waals surface area contributed by atoms with Crippen LogP contribution in [0, 0.1) is 47.3 Å². The zero-order valence-electron chi connectivity index (χ0n) is 60.9. The molecule has 2 fully saturated rings. The number of unbranched alkanes of at least 4 members (excludes halogenated alkanes) is 7. The van der Waals surface area contributed by atoms with Crippen molar-refractivity contribution in [2.45, 2.75) is 158 Å². The molecule has 6 atom stereocenters. The van der Waals surface area contributed by atoms with Gasteiger partial charge in [0.05, 0.1) is 26.4 Å². The van der Waals surface area contributed by atoms with Crippen molar-refractivity contribution in [3.05, 3.63) is 228 Å². The van der Waals surface area contributed by atoms with E-state index in [2.05, 4.69) is 68.2 Å². The monoisotopic (exact) mass is 1370 g/mol. The number of benzene rings is 6. The van der Waals surface area contributed by atoms with Gasteiger partial charge in [-0.1, -0.05) is 186 Å². The Balaban J connectivity index is 0.000000242. The molecule has 0 radical (unpaired) electrons. The van der Waals surface area contributed by atoms with E-state index in [1.165, 1.54) is 31.8 Å². The summed E-state index contributed by atoms with van der Waals surface area (Å²) in [6.07, 6.45) is 21.5. The highest BCUT2D eigenvalue weighted by atomic mass is 16.5. The second kappa shape index (κ2) is 42.7. The standard InChI is InChI=1S/C33H40O5.C31H38O5.C24H28O3/c1-5-31(34)38-21-9-7-6-8-20-37-28-17-15-27(16-18-28)32(35)26-13-11-25(12-14-26)22-30-24(4)10-19-29(23(2)3)33(30)36;1-5-29(32)36-19-7-6-18-35-27-16-14-24(15-17-27)30(33)23-10-12-25(13-11-23)31(34)28-20-26(21(2)3)9-8-22(28)4;1-4-6-7-8-9-18(3)24(26)21-12-10-19(11-13-21)20-14-16-22(17-15-20)27-23(25)5-2/h5,11-18,22-24,29H,1,6-10,19-21H2,2-4H3;5,10-17,21-22,26,28H,1,6-9,18-20H2,2-4H3;5,10-18H,2,4,6-9H2,1,3H3. The smallest absolute Gasteiger partial charge is 0.335 e. The van der Waals surface area contributed by atoms with Crippen molar-refractivity contribution in [2.75, 3.05) is 26.4 Å². The van der Waals surface area contributed by atoms with E-state index in [1.54, 1.807) is 72.8 Å². The molecule has 0 aromatic heterocycles. The minimum absolute atomic E-state index is 0.0464. The van der Waals surface area contributed by atoms with Gasteiger partial charge >= 0.3 is 17.9 Å². The molecule has 101 heavy (non-hydrogen) atoms. The number of ketones is 5. The highest BCUT2D eigenvalue weighted by Crippen LogP contribution is 2.40. The second-order valence-electron chi connectivity index (χ2n) is 27.4. The summed E-state index contributed by atoms with van der Waals surface area (Å²) in [4.78, 5) is 97.9. The summed E-state index contributed by atoms with van der Waals surface area (Å²) in [7, 11) is 0. The molecule has 0 N–H and O–H groups in total. The molecular formula is C88H106O13. The summed E-state index contributed by atoms with van der Waals surface area (Å²) in [5.41, 5.74) is 7.67. The fourth-order valence-electron chi connectivity index (χ4n) is 12.6. The van der Waals surface area contributed by atoms with Crippen LogP contribution in [0.15, 0.2) is 189 Å². The van der Waals surface area contributed by atoms with E-state index in [0.717, 1.165) is 116 Å². The maximum atomic E-state index is 13.2. The summed E-state index contributed by atoms with van der Waals surface area (Å²) in [6.45, 7) is 29.2. The molecule has 0 saturated heterocycles. The van der Waals surface area contributed by atoms with Crippen LogP contribution in [-0.4, -0.2) is 73.3 Å². The van der Waals surface area contributed by atoms with Gasteiger partial charge in [0.15, 0.2) is 28.9 Å². The fourth-order valence-corrected chi connectivity index (χ4v) is 12.6. The van der Waals surface area contributed by atoms with E-state index in [0.29, 0.717) is 95.8 Å². The molecule has 2 aliphatic carbocycles. The maximum Gasteiger partial charge on any atom is 0.335 e. The van der Waals surface area contributed by atoms with Gasteiger partial charge in [0.2, 0.25) is 0 Å². The summed E-state index contributed by atoms with van der Waals surface area (Å²) in [5, 5.41) is 0. The van der Waals surface area contributed by atoms with Crippen LogP contribution in [0.4, 0.5) is 0 Å². The second-order valence-corrected chi connectivity index (χ2v) is 27.4. The number of carbonyl (C=O) groups is 8. The zero-order chi connectivity index (χ0) is 73.2. The summed E-state index contributed by atoms with van der Waals surface area (Å²) in [5.74, 6) is 3.58. The molecule has 6 unspecified atom stereocenters. The number of ether oxygens (including phenoxy) is 5. The Morgan fingerprint density at radius 3 is 1.40 bits per heavy atom. The SMILES string of the molecule is C=CC(=O)OCCCCCCOc1ccc(C(=O)c2ccc(C=C3C(=O)C(C(C)C)CCC3C)cc2)cc1.C=CC(=O)OCCCCOc1ccc(C(=O)c2ccc(C(=O)C3CC(C(C)C)CCC3C)cc2)cc1.C=CC(=O)Oc1ccc(-c2ccc(C(=O)C(C)CCCCCC)cc2)cc1. The first-order valence-corrected chi connectivity index (χ1v) is 36.4. The first kappa shape index (κ1) is 80.6. The van der Waals surface area contributed by atoms with Crippen LogP contribution in [0.2, 0.25) is 0 Å². The van der Waals surface area contributed by atoms with E-state index in [4.69, 9.17) is 23.7 Å². The van der Waals surface area contributed by atoms with Gasteiger partial charge in [-0.2, -0.15) is 0 Å². The van der Waals surface area contributed by atoms with Gasteiger partial charge in [0.1, 0.15) is 17.2 Å². The number of rotatable bonds is 35. The molecule has 0 heterocycles. The van der Waals surface area contributed by atoms with Gasteiger partial charge < -0.3 is 23.7 Å². The van der Waals surface area contributed by atoms with Crippen LogP contribution in [0.25, 0.3) is 17.2 Å². The Kier molecular flexibility index (Phi) is 34.1. The lowest BCUT2D eigenvalue weighted by molar-refractivity contribution is -0.138. The maximum absolute atomic E-state index is 13.2. The highest BCUT2D eigenvalue weighted by molar-refractivity contribution is 6.10. The van der Waals surface area contributed by atoms with Crippen molar-refractivity contribution in [3.63, 3.8) is 0 Å². The molecule has 6 aromatic rings. The Hall–Kier alpha value is -9.36. The Morgan fingerprint density at radius 2 is 0.901 bits per heavy atom. The van der Waals surface area contributed by atoms with Gasteiger partial charge in [-0.15, -0.1) is 0 Å². The number of hydrogen-bond donors (Lipinski definition) is 0. The van der Waals surface area contributed by atoms with Crippen LogP contribution in [0.1, 0.15) is 216 Å². The van der Waals surface area contributed by atoms with Gasteiger partial charge in [-0.25, -0.2) is 14.4 Å². The predicted molar refractivity (Wildman–Crippen MR) is 402 cm³/mol. The normalized spacial score (nSPS) is 17.0. The molecule has 0 spiro atoms. The van der Waals surface area contributed by atoms with Crippen LogP contribution >= 0.6 is 0 Å². The van der Waals surface area contributed by atoms with Crippen molar-refractivity contribution in [1.82, 2.24) is 0 Å². The quantitative estimate of drug-likeness (QED) is 0.0121. The van der Waals surface area contributed by atoms with Crippen molar-refractivity contribution in [3.8, 4) is 28.4 Å². The first-order valence-electron chi connectivity index (χ1n) is 36.4. The number of hydrogen-bond acceptors (Lipinski definition) is 13. The molecular weight excluding hydrogens is 1260 g/mol. The Labute approximate surface area is 600 Å². The molecule has 13 heteroatoms. The van der Waals surface area contributed by atoms with Gasteiger partial charge in [0, 0.05) is 69.4 Å². The van der Waals surface area contributed by atoms with Crippen LogP contribution in [0.3, 0.4) is 0 Å². The van der Waals surface area contributed by atoms with Crippen molar-refractivity contribution in [1.29, 1.82) is 0 Å². The third kappa shape index (κ3) is 26.3. The molecule has 8 rings (SSSR count). The average Bonchev–Trinajstić information content (AvgIpc) is 0.828. The van der Waals surface area contributed by atoms with Gasteiger partial charge in [-0.3, -0.25) is 24.0 Å². The molecule has 6 aromatic carbocycles. The van der Waals surface area contributed by atoms with E-state index in [-0.39, 0.29) is 58.6 Å². The molecule has 13 nitrogen and oxygen atoms in total. The van der Waals surface area contributed by atoms with Crippen LogP contribution < -0.4 is 14.2 Å². The Morgan fingerprint density at radius 1 is 0.465 bits per heavy atom. The largest absolute Gasteiger partial charge is 0.494 e. The average molecular weight is 1370 g/mol. The number of esters is 3. The zero-order valence-corrected chi connectivity index (χ0v) is 60.9. The topological polar surface area (TPSA) is 183 Å². The lowest BCUT2D eigenvalue weighted by Gasteiger charge is -2.35. The van der Waals surface area contributed by atoms with Crippen LogP contribution in [-0.2, 0) is 28.7 Å². The molecule has 0 aliphatic heterocycles. The highest BCUT2D eigenvalue weighted by Gasteiger charge is 2.35. The predicted octanol–water partition coefficient (Wildman–Crippen LogP) is 20.2. The lowest BCUT2D eigenvalue weighted by atomic mass is 9.69. The Bertz CT molecular complexity index is 3690. The van der Waals surface area contributed by atoms with Crippen LogP contribution in [0.5, 0.6) is 17.2 Å². The summed E-state index contributed by atoms with van der Waals surface area (Å²) < 4.78 is 26.5.